The number of aliphatic carboxylic acids is 1. The maximum atomic E-state index is 13.4. The lowest BCUT2D eigenvalue weighted by Gasteiger charge is -2.16. The summed E-state index contributed by atoms with van der Waals surface area (Å²) < 4.78 is 26.5. The van der Waals surface area contributed by atoms with Crippen molar-refractivity contribution < 1.29 is 23.5 Å². The molecule has 110 valence electrons. The minimum atomic E-state index is -1.05. The van der Waals surface area contributed by atoms with Crippen molar-refractivity contribution in [1.82, 2.24) is 5.32 Å². The molecule has 0 aliphatic rings. The van der Waals surface area contributed by atoms with Crippen LogP contribution in [0.1, 0.15) is 43.0 Å². The van der Waals surface area contributed by atoms with Crippen molar-refractivity contribution in [2.24, 2.45) is 0 Å². The number of nitrogens with one attached hydrogen (secondary N) is 1. The number of hydrogen-bond donors (Lipinski definition) is 2. The van der Waals surface area contributed by atoms with Gasteiger partial charge in [-0.05, 0) is 24.6 Å². The Hall–Kier alpha value is -1.98. The smallest absolute Gasteiger partial charge is 0.305 e. The minimum Gasteiger partial charge on any atom is -0.481 e. The number of carbonyl (C=O) groups is 2. The van der Waals surface area contributed by atoms with Gasteiger partial charge < -0.3 is 10.4 Å². The van der Waals surface area contributed by atoms with E-state index in [0.29, 0.717) is 6.42 Å². The van der Waals surface area contributed by atoms with E-state index in [2.05, 4.69) is 5.32 Å². The van der Waals surface area contributed by atoms with Gasteiger partial charge in [-0.1, -0.05) is 19.8 Å². The number of carbonyl (C=O) groups excluding carboxylic acids is 1. The molecule has 0 unspecified atom stereocenters. The van der Waals surface area contributed by atoms with E-state index in [9.17, 15) is 18.4 Å². The molecule has 2 N–H and O–H groups in total. The summed E-state index contributed by atoms with van der Waals surface area (Å²) in [5, 5.41) is 11.2. The third kappa shape index (κ3) is 4.95. The van der Waals surface area contributed by atoms with Gasteiger partial charge in [0.15, 0.2) is 0 Å². The molecule has 0 saturated heterocycles. The number of halogens is 2. The molecule has 1 amide bonds. The fraction of sp³-hybridized carbons (Fsp3) is 0.429. The monoisotopic (exact) mass is 285 g/mol. The SMILES string of the molecule is CCCC[C@@H](CC(=O)O)NC(=O)c1cc(F)ccc1F. The van der Waals surface area contributed by atoms with Gasteiger partial charge in [0, 0.05) is 6.04 Å². The molecule has 1 aromatic carbocycles. The Morgan fingerprint density at radius 3 is 2.65 bits per heavy atom. The summed E-state index contributed by atoms with van der Waals surface area (Å²) in [5.74, 6) is -3.41. The number of rotatable bonds is 7. The van der Waals surface area contributed by atoms with Gasteiger partial charge in [-0.15, -0.1) is 0 Å². The molecule has 0 saturated carbocycles. The first-order valence-electron chi connectivity index (χ1n) is 6.41. The van der Waals surface area contributed by atoms with E-state index in [1.165, 1.54) is 0 Å². The quantitative estimate of drug-likeness (QED) is 0.809. The average molecular weight is 285 g/mol. The van der Waals surface area contributed by atoms with Gasteiger partial charge in [-0.25, -0.2) is 8.78 Å². The molecule has 0 fully saturated rings. The summed E-state index contributed by atoms with van der Waals surface area (Å²) in [7, 11) is 0. The first kappa shape index (κ1) is 16.1. The number of hydrogen-bond acceptors (Lipinski definition) is 2. The molecule has 1 atom stereocenters. The zero-order valence-electron chi connectivity index (χ0n) is 11.2. The van der Waals surface area contributed by atoms with Gasteiger partial charge in [-0.3, -0.25) is 9.59 Å². The molecule has 6 heteroatoms. The summed E-state index contributed by atoms with van der Waals surface area (Å²) in [6.45, 7) is 1.94. The van der Waals surface area contributed by atoms with Crippen LogP contribution in [0.25, 0.3) is 0 Å². The fourth-order valence-electron chi connectivity index (χ4n) is 1.82. The lowest BCUT2D eigenvalue weighted by Crippen LogP contribution is -2.37. The molecule has 4 nitrogen and oxygen atoms in total. The van der Waals surface area contributed by atoms with Crippen LogP contribution < -0.4 is 5.32 Å². The Labute approximate surface area is 115 Å². The topological polar surface area (TPSA) is 66.4 Å². The predicted octanol–water partition coefficient (Wildman–Crippen LogP) is 2.73. The van der Waals surface area contributed by atoms with Crippen LogP contribution in [0.15, 0.2) is 18.2 Å². The van der Waals surface area contributed by atoms with Crippen molar-refractivity contribution in [3.8, 4) is 0 Å². The van der Waals surface area contributed by atoms with E-state index in [1.807, 2.05) is 6.92 Å². The lowest BCUT2D eigenvalue weighted by molar-refractivity contribution is -0.137. The molecule has 0 radical (unpaired) electrons. The summed E-state index contributed by atoms with van der Waals surface area (Å²) in [5.41, 5.74) is -0.420. The van der Waals surface area contributed by atoms with Crippen LogP contribution in [0.4, 0.5) is 8.78 Å². The molecule has 0 aliphatic carbocycles. The maximum absolute atomic E-state index is 13.4. The van der Waals surface area contributed by atoms with E-state index >= 15 is 0 Å². The van der Waals surface area contributed by atoms with Crippen molar-refractivity contribution >= 4 is 11.9 Å². The Morgan fingerprint density at radius 1 is 1.35 bits per heavy atom. The third-order valence-electron chi connectivity index (χ3n) is 2.84. The largest absolute Gasteiger partial charge is 0.481 e. The zero-order chi connectivity index (χ0) is 15.1. The Balaban J connectivity index is 2.78. The van der Waals surface area contributed by atoms with Gasteiger partial charge in [0.2, 0.25) is 0 Å². The van der Waals surface area contributed by atoms with Crippen molar-refractivity contribution in [2.45, 2.75) is 38.6 Å². The van der Waals surface area contributed by atoms with Crippen molar-refractivity contribution in [3.05, 3.63) is 35.4 Å². The molecule has 1 aromatic rings. The third-order valence-corrected chi connectivity index (χ3v) is 2.84. The molecule has 0 aromatic heterocycles. The molecule has 20 heavy (non-hydrogen) atoms. The first-order valence-corrected chi connectivity index (χ1v) is 6.41. The number of carboxylic acids is 1. The highest BCUT2D eigenvalue weighted by atomic mass is 19.1. The Bertz CT molecular complexity index is 491. The second kappa shape index (κ2) is 7.57. The molecule has 0 bridgehead atoms. The molecule has 0 spiro atoms. The summed E-state index contributed by atoms with van der Waals surface area (Å²) in [6, 6.07) is 1.98. The highest BCUT2D eigenvalue weighted by Gasteiger charge is 2.19. The molecule has 0 heterocycles. The highest BCUT2D eigenvalue weighted by Crippen LogP contribution is 2.11. The van der Waals surface area contributed by atoms with Crippen LogP contribution in [0.5, 0.6) is 0 Å². The summed E-state index contributed by atoms with van der Waals surface area (Å²) >= 11 is 0. The van der Waals surface area contributed by atoms with Crippen molar-refractivity contribution in [2.75, 3.05) is 0 Å². The average Bonchev–Trinajstić information content (AvgIpc) is 2.38. The number of unbranched alkanes of at least 4 members (excludes halogenated alkanes) is 1. The Kier molecular flexibility index (Phi) is 6.09. The molecular formula is C14H17F2NO3. The number of carboxylic acid groups (broad SMARTS) is 1. The lowest BCUT2D eigenvalue weighted by atomic mass is 10.1. The van der Waals surface area contributed by atoms with Crippen molar-refractivity contribution in [3.63, 3.8) is 0 Å². The van der Waals surface area contributed by atoms with Gasteiger partial charge in [0.25, 0.3) is 5.91 Å². The molecular weight excluding hydrogens is 268 g/mol. The van der Waals surface area contributed by atoms with Gasteiger partial charge in [-0.2, -0.15) is 0 Å². The minimum absolute atomic E-state index is 0.247. The van der Waals surface area contributed by atoms with Crippen LogP contribution in [0.2, 0.25) is 0 Å². The van der Waals surface area contributed by atoms with Gasteiger partial charge >= 0.3 is 5.97 Å². The number of amides is 1. The van der Waals surface area contributed by atoms with Crippen LogP contribution in [0, 0.1) is 11.6 Å². The molecule has 0 aliphatic heterocycles. The molecule has 1 rings (SSSR count). The van der Waals surface area contributed by atoms with E-state index in [0.717, 1.165) is 31.0 Å². The Morgan fingerprint density at radius 2 is 2.05 bits per heavy atom. The zero-order valence-corrected chi connectivity index (χ0v) is 11.2. The second-order valence-corrected chi connectivity index (χ2v) is 4.53. The summed E-state index contributed by atoms with van der Waals surface area (Å²) in [6.07, 6.45) is 1.82. The normalized spacial score (nSPS) is 11.9. The van der Waals surface area contributed by atoms with Gasteiger partial charge in [0.05, 0.1) is 12.0 Å². The van der Waals surface area contributed by atoms with E-state index in [-0.39, 0.29) is 6.42 Å². The van der Waals surface area contributed by atoms with Crippen molar-refractivity contribution in [1.29, 1.82) is 0 Å². The first-order chi connectivity index (χ1) is 9.43. The van der Waals surface area contributed by atoms with E-state index < -0.39 is 35.1 Å². The van der Waals surface area contributed by atoms with E-state index in [4.69, 9.17) is 5.11 Å². The van der Waals surface area contributed by atoms with E-state index in [1.54, 1.807) is 0 Å². The van der Waals surface area contributed by atoms with Crippen LogP contribution >= 0.6 is 0 Å². The predicted molar refractivity (Wildman–Crippen MR) is 69.4 cm³/mol. The number of benzene rings is 1. The highest BCUT2D eigenvalue weighted by molar-refractivity contribution is 5.94. The fourth-order valence-corrected chi connectivity index (χ4v) is 1.82. The second-order valence-electron chi connectivity index (χ2n) is 4.53. The van der Waals surface area contributed by atoms with Gasteiger partial charge in [0.1, 0.15) is 11.6 Å². The van der Waals surface area contributed by atoms with Crippen LogP contribution in [-0.4, -0.2) is 23.0 Å². The standard InChI is InChI=1S/C14H17F2NO3/c1-2-3-4-10(8-13(18)19)17-14(20)11-7-9(15)5-6-12(11)16/h5-7,10H,2-4,8H2,1H3,(H,17,20)(H,18,19)/t10-/m0/s1. The summed E-state index contributed by atoms with van der Waals surface area (Å²) in [4.78, 5) is 22.6. The van der Waals surface area contributed by atoms with Crippen LogP contribution in [0.3, 0.4) is 0 Å². The van der Waals surface area contributed by atoms with Crippen LogP contribution in [-0.2, 0) is 4.79 Å². The maximum Gasteiger partial charge on any atom is 0.305 e.